The van der Waals surface area contributed by atoms with Gasteiger partial charge in [-0.2, -0.15) is 12.7 Å². The first-order valence-electron chi connectivity index (χ1n) is 17.1. The van der Waals surface area contributed by atoms with Crippen LogP contribution < -0.4 is 20.7 Å². The van der Waals surface area contributed by atoms with Gasteiger partial charge >= 0.3 is 10.2 Å². The fourth-order valence-corrected chi connectivity index (χ4v) is 6.72. The van der Waals surface area contributed by atoms with E-state index < -0.39 is 45.0 Å². The Morgan fingerprint density at radius 3 is 2.21 bits per heavy atom. The van der Waals surface area contributed by atoms with Crippen LogP contribution in [0.2, 0.25) is 0 Å². The number of allylic oxidation sites excluding steroid dienone is 1. The number of nitrogen functional groups attached to an aromatic ring is 1. The second kappa shape index (κ2) is 17.7. The Kier molecular flexibility index (Phi) is 13.6. The first-order valence-corrected chi connectivity index (χ1v) is 18.6. The van der Waals surface area contributed by atoms with Gasteiger partial charge in [0.25, 0.3) is 0 Å². The third-order valence-corrected chi connectivity index (χ3v) is 10.9. The number of aliphatic imine (C=N–C) groups is 1. The second-order valence-electron chi connectivity index (χ2n) is 12.7. The zero-order valence-corrected chi connectivity index (χ0v) is 31.3. The number of carbonyl (C=O) groups is 2. The van der Waals surface area contributed by atoms with Gasteiger partial charge in [-0.05, 0) is 50.2 Å². The molecule has 2 fully saturated rings. The van der Waals surface area contributed by atoms with Crippen LogP contribution in [-0.2, 0) is 15.0 Å². The van der Waals surface area contributed by atoms with Crippen LogP contribution in [0.4, 0.5) is 25.8 Å². The van der Waals surface area contributed by atoms with Crippen molar-refractivity contribution in [3.05, 3.63) is 78.1 Å². The molecule has 2 saturated heterocycles. The lowest BCUT2D eigenvalue weighted by molar-refractivity contribution is -0.133. The molecule has 2 aliphatic rings. The number of piperazine rings is 2. The highest BCUT2D eigenvalue weighted by molar-refractivity contribution is 7.90. The highest BCUT2D eigenvalue weighted by atomic mass is 32.2. The van der Waals surface area contributed by atoms with E-state index in [2.05, 4.69) is 31.4 Å². The predicted octanol–water partition coefficient (Wildman–Crippen LogP) is 2.58. The van der Waals surface area contributed by atoms with E-state index in [0.29, 0.717) is 38.7 Å². The number of benzene rings is 2. The molecule has 14 nitrogen and oxygen atoms in total. The minimum atomic E-state index is -4.11. The van der Waals surface area contributed by atoms with Crippen LogP contribution in [0.5, 0.6) is 0 Å². The average molecular weight is 745 g/mol. The lowest BCUT2D eigenvalue weighted by Gasteiger charge is -2.41. The van der Waals surface area contributed by atoms with Crippen molar-refractivity contribution < 1.29 is 26.8 Å². The van der Waals surface area contributed by atoms with E-state index in [1.54, 1.807) is 14.0 Å². The Morgan fingerprint density at radius 1 is 1.00 bits per heavy atom. The maximum atomic E-state index is 15.3. The molecular weight excluding hydrogens is 695 g/mol. The van der Waals surface area contributed by atoms with Crippen molar-refractivity contribution in [3.8, 4) is 0 Å². The molecule has 1 atom stereocenters. The topological polar surface area (TPSA) is 150 Å². The number of anilines is 3. The molecule has 0 radical (unpaired) electrons. The van der Waals surface area contributed by atoms with Crippen molar-refractivity contribution in [3.63, 3.8) is 0 Å². The van der Waals surface area contributed by atoms with E-state index in [1.807, 2.05) is 45.9 Å². The molecule has 52 heavy (non-hydrogen) atoms. The minimum absolute atomic E-state index is 0.00950. The summed E-state index contributed by atoms with van der Waals surface area (Å²) >= 11 is 0. The fourth-order valence-electron chi connectivity index (χ4n) is 5.79. The van der Waals surface area contributed by atoms with E-state index in [9.17, 15) is 22.4 Å². The van der Waals surface area contributed by atoms with E-state index in [-0.39, 0.29) is 18.0 Å². The molecule has 4 rings (SSSR count). The van der Waals surface area contributed by atoms with Gasteiger partial charge in [0.2, 0.25) is 11.9 Å². The Labute approximate surface area is 305 Å². The number of amides is 1. The second-order valence-corrected chi connectivity index (χ2v) is 14.5. The van der Waals surface area contributed by atoms with Gasteiger partial charge in [-0.15, -0.1) is 0 Å². The van der Waals surface area contributed by atoms with E-state index in [1.165, 1.54) is 26.4 Å². The predicted molar refractivity (Wildman–Crippen MR) is 201 cm³/mol. The lowest BCUT2D eigenvalue weighted by Crippen LogP contribution is -2.58. The number of Topliss-reactive ketones (excluding diaryl/α,β-unsaturated/α-hetero) is 1. The van der Waals surface area contributed by atoms with Crippen molar-refractivity contribution >= 4 is 44.9 Å². The number of nitrogens with one attached hydrogen (secondary N) is 2. The standard InChI is InChI=1S/C35H50F2N10O4S/c1-7-39-35(47-21-19-46(20-22-47)31(48)24-44-15-17-45(18-16-44)28-11-9-27(38)10-12-28)43(6)26(4)40-23-25(3)34(49)32-29(36)13-14-30(33(32)37)41-52(50,51)42(5)8-2/h7,9-14,23,26,40-41H,1,8,15-22,24,38H2,2-6H3/b25-23+,39-35?. The average Bonchev–Trinajstić information content (AvgIpc) is 3.13. The number of rotatable bonds is 13. The van der Waals surface area contributed by atoms with Crippen molar-refractivity contribution in [1.82, 2.24) is 29.2 Å². The molecule has 0 bridgehead atoms. The van der Waals surface area contributed by atoms with Crippen LogP contribution in [0.15, 0.2) is 65.9 Å². The maximum Gasteiger partial charge on any atom is 0.301 e. The molecule has 2 aromatic carbocycles. The van der Waals surface area contributed by atoms with Gasteiger partial charge in [-0.1, -0.05) is 13.5 Å². The summed E-state index contributed by atoms with van der Waals surface area (Å²) in [5.41, 5.74) is 6.24. The van der Waals surface area contributed by atoms with Crippen LogP contribution in [0, 0.1) is 11.6 Å². The third kappa shape index (κ3) is 9.77. The summed E-state index contributed by atoms with van der Waals surface area (Å²) in [7, 11) is -1.01. The molecule has 0 aromatic heterocycles. The monoisotopic (exact) mass is 744 g/mol. The summed E-state index contributed by atoms with van der Waals surface area (Å²) in [5.74, 6) is -2.72. The molecular formula is C35H50F2N10O4S. The first kappa shape index (κ1) is 40.0. The Balaban J connectivity index is 1.31. The lowest BCUT2D eigenvalue weighted by atomic mass is 10.0. The van der Waals surface area contributed by atoms with Gasteiger partial charge in [0.05, 0.1) is 24.0 Å². The molecule has 1 unspecified atom stereocenters. The Hall–Kier alpha value is -4.74. The normalized spacial score (nSPS) is 16.9. The zero-order chi connectivity index (χ0) is 38.2. The third-order valence-electron chi connectivity index (χ3n) is 9.32. The summed E-state index contributed by atoms with van der Waals surface area (Å²) in [6.45, 7) is 14.4. The van der Waals surface area contributed by atoms with Crippen LogP contribution in [-0.4, -0.2) is 136 Å². The summed E-state index contributed by atoms with van der Waals surface area (Å²) in [5, 5.41) is 3.07. The molecule has 2 aliphatic heterocycles. The number of guanidine groups is 1. The maximum absolute atomic E-state index is 15.3. The van der Waals surface area contributed by atoms with Crippen molar-refractivity contribution in [2.45, 2.75) is 26.9 Å². The largest absolute Gasteiger partial charge is 0.399 e. The van der Waals surface area contributed by atoms with Gasteiger partial charge in [0, 0.05) is 102 Å². The molecule has 0 aliphatic carbocycles. The smallest absolute Gasteiger partial charge is 0.301 e. The fraction of sp³-hybridized carbons (Fsp3) is 0.457. The van der Waals surface area contributed by atoms with Gasteiger partial charge < -0.3 is 30.7 Å². The SMILES string of the molecule is C=CN=C(N1CCN(C(=O)CN2CCN(c3ccc(N)cc3)CC2)CC1)N(C)C(C)N/C=C(\C)C(=O)c1c(F)ccc(NS(=O)(=O)N(C)CC)c1F. The van der Waals surface area contributed by atoms with Crippen molar-refractivity contribution in [2.75, 3.05) is 94.9 Å². The number of halogens is 2. The van der Waals surface area contributed by atoms with E-state index in [0.717, 1.165) is 54.0 Å². The van der Waals surface area contributed by atoms with Crippen LogP contribution in [0.25, 0.3) is 0 Å². The molecule has 0 saturated carbocycles. The number of hydrogen-bond acceptors (Lipinski definition) is 9. The van der Waals surface area contributed by atoms with Gasteiger partial charge in [0.15, 0.2) is 11.6 Å². The number of ketones is 1. The quantitative estimate of drug-likeness (QED) is 0.0698. The zero-order valence-electron chi connectivity index (χ0n) is 30.5. The molecule has 0 spiro atoms. The number of carbonyl (C=O) groups excluding carboxylic acids is 2. The molecule has 17 heteroatoms. The van der Waals surface area contributed by atoms with Crippen molar-refractivity contribution in [2.24, 2.45) is 4.99 Å². The Bertz CT molecular complexity index is 1760. The Morgan fingerprint density at radius 2 is 1.62 bits per heavy atom. The van der Waals surface area contributed by atoms with Crippen molar-refractivity contribution in [1.29, 1.82) is 0 Å². The highest BCUT2D eigenvalue weighted by Crippen LogP contribution is 2.25. The molecule has 2 aromatic rings. The van der Waals surface area contributed by atoms with Crippen LogP contribution in [0.3, 0.4) is 0 Å². The van der Waals surface area contributed by atoms with Crippen LogP contribution in [0.1, 0.15) is 31.1 Å². The van der Waals surface area contributed by atoms with Gasteiger partial charge in [-0.25, -0.2) is 13.8 Å². The molecule has 284 valence electrons. The first-order chi connectivity index (χ1) is 24.7. The highest BCUT2D eigenvalue weighted by Gasteiger charge is 2.29. The van der Waals surface area contributed by atoms with E-state index in [4.69, 9.17) is 5.73 Å². The minimum Gasteiger partial charge on any atom is -0.399 e. The van der Waals surface area contributed by atoms with E-state index >= 15 is 4.39 Å². The number of hydrogen-bond donors (Lipinski definition) is 3. The van der Waals surface area contributed by atoms with Crippen LogP contribution >= 0.6 is 0 Å². The number of nitrogens with zero attached hydrogens (tertiary/aromatic N) is 7. The molecule has 4 N–H and O–H groups in total. The van der Waals surface area contributed by atoms with Gasteiger partial charge in [-0.3, -0.25) is 19.2 Å². The summed E-state index contributed by atoms with van der Waals surface area (Å²) < 4.78 is 57.9. The number of nitrogens with two attached hydrogens (primary N) is 1. The summed E-state index contributed by atoms with van der Waals surface area (Å²) in [4.78, 5) is 41.1. The summed E-state index contributed by atoms with van der Waals surface area (Å²) in [6.07, 6.45) is 2.34. The summed E-state index contributed by atoms with van der Waals surface area (Å²) in [6, 6.07) is 9.59. The molecule has 2 heterocycles. The molecule has 1 amide bonds. The van der Waals surface area contributed by atoms with Gasteiger partial charge in [0.1, 0.15) is 5.82 Å².